The van der Waals surface area contributed by atoms with Crippen molar-refractivity contribution >= 4 is 0 Å². The molecule has 0 rings (SSSR count). The van der Waals surface area contributed by atoms with Crippen LogP contribution >= 0.6 is 0 Å². The van der Waals surface area contributed by atoms with E-state index in [1.165, 1.54) is 0 Å². The topological polar surface area (TPSA) is 0 Å². The summed E-state index contributed by atoms with van der Waals surface area (Å²) in [4.78, 5) is 0. The van der Waals surface area contributed by atoms with Crippen LogP contribution in [0.3, 0.4) is 0 Å². The van der Waals surface area contributed by atoms with Crippen LogP contribution in [-0.2, 0) is 2190 Å². The monoisotopic (exact) mass is 6010 g/mol. The Morgan fingerprint density at radius 3 is 0.00847 bits per heavy atom. The smallest absolute Gasteiger partial charge is 0 e. The van der Waals surface area contributed by atoms with Gasteiger partial charge in [0.1, 0.15) is 0 Å². The molecule has 0 amide bonds. The fraction of sp³-hybridized carbons (Fsp3) is 0. The maximum atomic E-state index is 0. The molecule has 0 aliphatic heterocycles. The van der Waals surface area contributed by atoms with E-state index in [1.807, 2.05) is 0 Å². The third-order valence-electron chi connectivity index (χ3n) is 0. The summed E-state index contributed by atoms with van der Waals surface area (Å²) in [5.74, 6) is 0. The minimum absolute atomic E-state index is 0. The number of hydrogen-bond acceptors (Lipinski definition) is 0. The first-order valence-corrected chi connectivity index (χ1v) is 0. The van der Waals surface area contributed by atoms with E-state index in [0.29, 0.717) is 0 Å². The Bertz CT molecular complexity index is 0. The zero-order valence-electron chi connectivity index (χ0n) is 52.8. The molecule has 0 aliphatic rings. The van der Waals surface area contributed by atoms with Gasteiger partial charge in [-0.1, -0.05) is 0 Å². The minimum Gasteiger partial charge on any atom is 0 e. The van der Waals surface area contributed by atoms with E-state index in [9.17, 15) is 0 Å². The minimum atomic E-state index is 0. The average Bonchev–Trinajstić information content (AvgIpc) is 0. The molecule has 118 heavy (non-hydrogen) atoms. The maximum Gasteiger partial charge on any atom is 0 e. The van der Waals surface area contributed by atoms with Crippen LogP contribution in [0.15, 0.2) is 0 Å². The van der Waals surface area contributed by atoms with E-state index < -0.39 is 0 Å². The van der Waals surface area contributed by atoms with Crippen molar-refractivity contribution in [2.24, 2.45) is 0 Å². The second kappa shape index (κ2) is 1340. The molecular weight excluding hydrogens is 6010 g/mol. The summed E-state index contributed by atoms with van der Waals surface area (Å²) in [6, 6.07) is 0. The molecule has 0 nitrogen and oxygen atoms in total. The summed E-state index contributed by atoms with van der Waals surface area (Å²) >= 11 is 0. The van der Waals surface area contributed by atoms with Gasteiger partial charge < -0.3 is 0 Å². The normalized spacial score (nSPS) is 0. The van der Waals surface area contributed by atoms with Crippen LogP contribution < -0.4 is 0 Å². The molecule has 118 heteroatoms. The molecule has 590 valence electrons. The quantitative estimate of drug-likeness (QED) is 0.314. The summed E-state index contributed by atoms with van der Waals surface area (Å²) in [7, 11) is 0. The van der Waals surface area contributed by atoms with Crippen LogP contribution in [0.1, 0.15) is 0 Å². The fourth-order valence-electron chi connectivity index (χ4n) is 0. The van der Waals surface area contributed by atoms with Crippen LogP contribution in [0, 0.1) is 0 Å². The summed E-state index contributed by atoms with van der Waals surface area (Å²) in [6.45, 7) is 0. The first-order valence-electron chi connectivity index (χ1n) is 0. The predicted molar refractivity (Wildman–Crippen MR) is 0 cm³/mol. The van der Waals surface area contributed by atoms with Gasteiger partial charge in [-0.25, -0.2) is 0 Å². The van der Waals surface area contributed by atoms with Crippen LogP contribution in [0.25, 0.3) is 0 Å². The standard InChI is InChI=1S/118V. The van der Waals surface area contributed by atoms with Crippen molar-refractivity contribution in [3.05, 3.63) is 0 Å². The molecule has 0 aliphatic carbocycles. The molecule has 118 radical (unpaired) electrons. The molecule has 0 atom stereocenters. The predicted octanol–water partition coefficient (Wildman–Crippen LogP) is -0.295. The van der Waals surface area contributed by atoms with Crippen LogP contribution in [0.4, 0.5) is 0 Å². The fourth-order valence-corrected chi connectivity index (χ4v) is 0. The van der Waals surface area contributed by atoms with Crippen molar-refractivity contribution < 1.29 is 2190 Å². The Hall–Kier alpha value is 69.0. The summed E-state index contributed by atoms with van der Waals surface area (Å²) in [6.07, 6.45) is 0. The van der Waals surface area contributed by atoms with Gasteiger partial charge in [0.15, 0.2) is 0 Å². The summed E-state index contributed by atoms with van der Waals surface area (Å²) < 4.78 is 0. The SMILES string of the molecule is [V].[V].[V].[V].[V].[V].[V].[V].[V].[V].[V].[V].[V].[V].[V].[V].[V].[V].[V].[V].[V].[V].[V].[V].[V].[V].[V].[V].[V].[V].[V].[V].[V].[V].[V].[V].[V].[V].[V].[V].[V].[V].[V].[V].[V].[V].[V].[V].[V].[V].[V].[V].[V].[V].[V].[V].[V].[V].[V].[V].[V].[V].[V].[V].[V].[V].[V].[V].[V].[V].[V].[V].[V].[V].[V].[V].[V].[V].[V].[V].[V].[V].[V].[V].[V].[V].[V].[V].[V].[V].[V].[V].[V].[V].[V].[V].[V].[V].[V].[V].[V].[V].[V].[V].[V].[V].[V].[V].[V].[V].[V].[V].[V].[V].[V].[V].[V].[V]. The summed E-state index contributed by atoms with van der Waals surface area (Å²) in [5, 5.41) is 0. The van der Waals surface area contributed by atoms with E-state index in [0.717, 1.165) is 0 Å². The largest absolute Gasteiger partial charge is 0 e. The van der Waals surface area contributed by atoms with Gasteiger partial charge >= 0.3 is 0 Å². The average molecular weight is 6010 g/mol. The van der Waals surface area contributed by atoms with Gasteiger partial charge in [0.2, 0.25) is 0 Å². The molecule has 0 saturated carbocycles. The van der Waals surface area contributed by atoms with Gasteiger partial charge in [-0.3, -0.25) is 0 Å². The van der Waals surface area contributed by atoms with Crippen molar-refractivity contribution in [3.63, 3.8) is 0 Å². The molecule has 0 aromatic rings. The Morgan fingerprint density at radius 1 is 0.00847 bits per heavy atom. The number of rotatable bonds is 0. The van der Waals surface area contributed by atoms with E-state index in [2.05, 4.69) is 0 Å². The third-order valence-corrected chi connectivity index (χ3v) is 0. The Balaban J connectivity index is 0. The van der Waals surface area contributed by atoms with Gasteiger partial charge in [-0.15, -0.1) is 0 Å². The zero-order chi connectivity index (χ0) is 0. The van der Waals surface area contributed by atoms with E-state index in [-0.39, 0.29) is 2190 Å². The van der Waals surface area contributed by atoms with Gasteiger partial charge in [0.25, 0.3) is 0 Å². The second-order valence-electron chi connectivity index (χ2n) is 0. The molecule has 0 spiro atoms. The van der Waals surface area contributed by atoms with Crippen molar-refractivity contribution in [1.29, 1.82) is 0 Å². The van der Waals surface area contributed by atoms with Gasteiger partial charge in [-0.05, 0) is 0 Å². The molecule has 0 aromatic carbocycles. The van der Waals surface area contributed by atoms with Crippen LogP contribution in [0.2, 0.25) is 0 Å². The molecule has 0 fully saturated rings. The Morgan fingerprint density at radius 2 is 0.00847 bits per heavy atom. The van der Waals surface area contributed by atoms with E-state index in [4.69, 9.17) is 0 Å². The molecule has 0 N–H and O–H groups in total. The van der Waals surface area contributed by atoms with Crippen molar-refractivity contribution in [2.75, 3.05) is 0 Å². The molecule has 0 bridgehead atoms. The molecule has 0 unspecified atom stereocenters. The van der Waals surface area contributed by atoms with Gasteiger partial charge in [0, 0.05) is 2190 Å². The van der Waals surface area contributed by atoms with E-state index >= 15 is 0 Å². The van der Waals surface area contributed by atoms with Crippen LogP contribution in [-0.4, -0.2) is 0 Å². The first-order chi connectivity index (χ1) is 0. The Labute approximate surface area is 2130 Å². The number of hydrogen-bond donors (Lipinski definition) is 0. The van der Waals surface area contributed by atoms with Crippen molar-refractivity contribution in [1.82, 2.24) is 0 Å². The van der Waals surface area contributed by atoms with Crippen LogP contribution in [0.5, 0.6) is 0 Å². The van der Waals surface area contributed by atoms with Crippen molar-refractivity contribution in [2.45, 2.75) is 0 Å². The third kappa shape index (κ3) is 1320. The van der Waals surface area contributed by atoms with E-state index in [1.54, 1.807) is 0 Å². The molecule has 0 heterocycles. The first kappa shape index (κ1) is 1360. The molecule has 0 saturated heterocycles. The summed E-state index contributed by atoms with van der Waals surface area (Å²) in [5.41, 5.74) is 0. The van der Waals surface area contributed by atoms with Crippen molar-refractivity contribution in [3.8, 4) is 0 Å². The Kier molecular flexibility index (Phi) is 15400. The maximum absolute atomic E-state index is 0. The van der Waals surface area contributed by atoms with Gasteiger partial charge in [-0.2, -0.15) is 0 Å². The second-order valence-corrected chi connectivity index (χ2v) is 0. The molecule has 0 aromatic heterocycles. The van der Waals surface area contributed by atoms with Gasteiger partial charge in [0.05, 0.1) is 0 Å². The molecular formula is V118. The zero-order valence-corrected chi connectivity index (χ0v) is 218.